The molecule has 1 aromatic carbocycles. The molecule has 230 valence electrons. The van der Waals surface area contributed by atoms with Gasteiger partial charge < -0.3 is 15.1 Å². The third-order valence-electron chi connectivity index (χ3n) is 8.84. The molecule has 42 heavy (non-hydrogen) atoms. The maximum Gasteiger partial charge on any atom is 0.403 e. The van der Waals surface area contributed by atoms with Gasteiger partial charge in [-0.25, -0.2) is 8.42 Å². The van der Waals surface area contributed by atoms with Crippen LogP contribution in [0.25, 0.3) is 0 Å². The summed E-state index contributed by atoms with van der Waals surface area (Å²) in [7, 11) is -4.39. The summed E-state index contributed by atoms with van der Waals surface area (Å²) in [6, 6.07) is 4.25. The van der Waals surface area contributed by atoms with Crippen molar-refractivity contribution in [2.24, 2.45) is 11.3 Å². The van der Waals surface area contributed by atoms with Crippen LogP contribution in [-0.2, 0) is 19.4 Å². The largest absolute Gasteiger partial charge is 0.403 e. The second-order valence-electron chi connectivity index (χ2n) is 11.6. The Morgan fingerprint density at radius 1 is 1.05 bits per heavy atom. The van der Waals surface area contributed by atoms with Crippen molar-refractivity contribution in [1.29, 1.82) is 5.26 Å². The second-order valence-corrected chi connectivity index (χ2v) is 14.2. The van der Waals surface area contributed by atoms with Crippen molar-refractivity contribution < 1.29 is 44.3 Å². The number of anilines is 1. The first-order valence-electron chi connectivity index (χ1n) is 13.4. The van der Waals surface area contributed by atoms with Crippen LogP contribution >= 0.6 is 11.6 Å². The number of nitrogens with zero attached hydrogens (tertiary/aromatic N) is 3. The predicted octanol–water partition coefficient (Wildman–Crippen LogP) is 4.38. The number of hydrogen-bond acceptors (Lipinski definition) is 6. The number of amides is 2. The van der Waals surface area contributed by atoms with E-state index in [9.17, 15) is 49.6 Å². The quantitative estimate of drug-likeness (QED) is 0.463. The summed E-state index contributed by atoms with van der Waals surface area (Å²) in [6.07, 6.45) is -10.3. The number of nitrogens with one attached hydrogen (secondary N) is 1. The number of alkyl halides is 6. The Morgan fingerprint density at radius 2 is 1.67 bits per heavy atom. The van der Waals surface area contributed by atoms with Crippen LogP contribution in [0.5, 0.6) is 0 Å². The van der Waals surface area contributed by atoms with Gasteiger partial charge in [-0.15, -0.1) is 0 Å². The van der Waals surface area contributed by atoms with Crippen molar-refractivity contribution in [3.05, 3.63) is 23.2 Å². The lowest BCUT2D eigenvalue weighted by Crippen LogP contribution is -2.53. The summed E-state index contributed by atoms with van der Waals surface area (Å²) in [5.41, 5.74) is -3.47. The summed E-state index contributed by atoms with van der Waals surface area (Å²) in [6.45, 7) is -0.526. The average Bonchev–Trinajstić information content (AvgIpc) is 3.83. The third kappa shape index (κ3) is 5.40. The van der Waals surface area contributed by atoms with Gasteiger partial charge in [0.1, 0.15) is 17.0 Å². The van der Waals surface area contributed by atoms with E-state index in [1.807, 2.05) is 6.07 Å². The lowest BCUT2D eigenvalue weighted by atomic mass is 9.96. The van der Waals surface area contributed by atoms with Crippen LogP contribution in [0.4, 0.5) is 32.0 Å². The zero-order valence-corrected chi connectivity index (χ0v) is 23.6. The highest BCUT2D eigenvalue weighted by Crippen LogP contribution is 2.59. The van der Waals surface area contributed by atoms with E-state index in [1.165, 1.54) is 18.2 Å². The van der Waals surface area contributed by atoms with Gasteiger partial charge in [-0.05, 0) is 63.1 Å². The van der Waals surface area contributed by atoms with Crippen molar-refractivity contribution in [3.63, 3.8) is 0 Å². The molecule has 0 bridgehead atoms. The molecule has 16 heteroatoms. The Morgan fingerprint density at radius 3 is 2.14 bits per heavy atom. The molecule has 2 unspecified atom stereocenters. The predicted molar refractivity (Wildman–Crippen MR) is 137 cm³/mol. The molecule has 2 atom stereocenters. The minimum atomic E-state index is -4.89. The lowest BCUT2D eigenvalue weighted by molar-refractivity contribution is -0.199. The zero-order chi connectivity index (χ0) is 30.9. The number of hydrogen-bond donors (Lipinski definition) is 1. The first kappa shape index (κ1) is 30.7. The standard InChI is InChI=1S/C26H27ClF6N4O4S/c27-18-11-16(36-9-3-15(4-10-36)25(28,29)30)1-2-20(18)42(40,41)17-12-19(21(38)35-23(14-34)5-6-23)37(13-17)22(39)24(7-8-24)26(31,32)33/h1-2,11,15,17,19H,3-10,12-13H2,(H,35,38). The van der Waals surface area contributed by atoms with E-state index in [0.29, 0.717) is 23.4 Å². The molecule has 2 aliphatic carbocycles. The summed E-state index contributed by atoms with van der Waals surface area (Å²) in [4.78, 5) is 28.2. The molecule has 8 nitrogen and oxygen atoms in total. The maximum atomic E-state index is 13.8. The van der Waals surface area contributed by atoms with Crippen molar-refractivity contribution in [1.82, 2.24) is 10.2 Å². The van der Waals surface area contributed by atoms with Gasteiger partial charge in [0, 0.05) is 25.3 Å². The second kappa shape index (κ2) is 10.2. The van der Waals surface area contributed by atoms with Crippen LogP contribution < -0.4 is 10.2 Å². The van der Waals surface area contributed by atoms with Gasteiger partial charge in [-0.3, -0.25) is 9.59 Å². The number of likely N-dealkylation sites (tertiary alicyclic amines) is 1. The number of carbonyl (C=O) groups excluding carboxylic acids is 2. The van der Waals surface area contributed by atoms with E-state index >= 15 is 0 Å². The Labute approximate surface area is 242 Å². The molecule has 0 radical (unpaired) electrons. The number of nitriles is 1. The maximum absolute atomic E-state index is 13.8. The number of benzene rings is 1. The highest BCUT2D eigenvalue weighted by atomic mass is 35.5. The molecule has 0 aromatic heterocycles. The number of sulfone groups is 1. The molecule has 1 N–H and O–H groups in total. The normalized spacial score (nSPS) is 25.6. The molecular formula is C26H27ClF6N4O4S. The lowest BCUT2D eigenvalue weighted by Gasteiger charge is -2.34. The zero-order valence-electron chi connectivity index (χ0n) is 22.1. The van der Waals surface area contributed by atoms with E-state index < -0.39 is 88.0 Å². The van der Waals surface area contributed by atoms with Gasteiger partial charge in [-0.1, -0.05) is 11.6 Å². The highest BCUT2D eigenvalue weighted by Gasteiger charge is 2.70. The number of halogens is 7. The van der Waals surface area contributed by atoms with Gasteiger partial charge in [-0.2, -0.15) is 31.6 Å². The van der Waals surface area contributed by atoms with Crippen LogP contribution in [0, 0.1) is 22.7 Å². The summed E-state index contributed by atoms with van der Waals surface area (Å²) in [5.74, 6) is -3.71. The monoisotopic (exact) mass is 640 g/mol. The fraction of sp³-hybridized carbons (Fsp3) is 0.654. The molecule has 5 rings (SSSR count). The molecule has 1 aromatic rings. The van der Waals surface area contributed by atoms with Crippen molar-refractivity contribution >= 4 is 38.9 Å². The van der Waals surface area contributed by atoms with Crippen molar-refractivity contribution in [3.8, 4) is 6.07 Å². The molecular weight excluding hydrogens is 614 g/mol. The smallest absolute Gasteiger partial charge is 0.371 e. The Balaban J connectivity index is 1.38. The van der Waals surface area contributed by atoms with E-state index in [-0.39, 0.29) is 35.8 Å². The van der Waals surface area contributed by atoms with Gasteiger partial charge in [0.2, 0.25) is 11.8 Å². The van der Waals surface area contributed by atoms with Crippen LogP contribution in [-0.4, -0.2) is 73.9 Å². The molecule has 2 saturated carbocycles. The molecule has 2 amide bonds. The summed E-state index contributed by atoms with van der Waals surface area (Å²) in [5, 5.41) is 10.1. The Hall–Kier alpha value is -2.73. The molecule has 0 spiro atoms. The molecule has 2 heterocycles. The number of rotatable bonds is 6. The van der Waals surface area contributed by atoms with E-state index in [0.717, 1.165) is 0 Å². The highest BCUT2D eigenvalue weighted by molar-refractivity contribution is 7.92. The van der Waals surface area contributed by atoms with E-state index in [1.54, 1.807) is 4.90 Å². The third-order valence-corrected chi connectivity index (χ3v) is 11.5. The van der Waals surface area contributed by atoms with Crippen LogP contribution in [0.1, 0.15) is 44.9 Å². The van der Waals surface area contributed by atoms with Crippen LogP contribution in [0.2, 0.25) is 5.02 Å². The van der Waals surface area contributed by atoms with Crippen LogP contribution in [0.3, 0.4) is 0 Å². The van der Waals surface area contributed by atoms with E-state index in [2.05, 4.69) is 5.32 Å². The first-order chi connectivity index (χ1) is 19.4. The summed E-state index contributed by atoms with van der Waals surface area (Å²) < 4.78 is 108. The molecule has 4 aliphatic rings. The summed E-state index contributed by atoms with van der Waals surface area (Å²) >= 11 is 6.34. The average molecular weight is 641 g/mol. The van der Waals surface area contributed by atoms with Gasteiger partial charge >= 0.3 is 12.4 Å². The fourth-order valence-electron chi connectivity index (χ4n) is 5.78. The molecule has 2 aliphatic heterocycles. The molecule has 2 saturated heterocycles. The van der Waals surface area contributed by atoms with Crippen molar-refractivity contribution in [2.75, 3.05) is 24.5 Å². The topological polar surface area (TPSA) is 111 Å². The SMILES string of the molecule is N#CC1(NC(=O)C2CC(S(=O)(=O)c3ccc(N4CCC(C(F)(F)F)CC4)cc3Cl)CN2C(=O)C2(C(F)(F)F)CC2)CC1. The Kier molecular flexibility index (Phi) is 7.44. The van der Waals surface area contributed by atoms with Gasteiger partial charge in [0.25, 0.3) is 0 Å². The van der Waals surface area contributed by atoms with E-state index in [4.69, 9.17) is 11.6 Å². The molecule has 4 fully saturated rings. The van der Waals surface area contributed by atoms with Crippen LogP contribution in [0.15, 0.2) is 23.1 Å². The van der Waals surface area contributed by atoms with Crippen molar-refractivity contribution in [2.45, 2.75) is 79.0 Å². The number of piperidine rings is 1. The number of carbonyl (C=O) groups is 2. The Bertz CT molecular complexity index is 1430. The van der Waals surface area contributed by atoms with Gasteiger partial charge in [0.15, 0.2) is 9.84 Å². The van der Waals surface area contributed by atoms with Gasteiger partial charge in [0.05, 0.1) is 27.2 Å². The fourth-order valence-corrected chi connectivity index (χ4v) is 8.02. The minimum Gasteiger partial charge on any atom is -0.371 e. The minimum absolute atomic E-state index is 0.0776. The first-order valence-corrected chi connectivity index (χ1v) is 15.3.